The number of alkyl halides is 1. The van der Waals surface area contributed by atoms with E-state index < -0.39 is 0 Å². The number of rotatable bonds is 2. The van der Waals surface area contributed by atoms with Crippen molar-refractivity contribution in [3.63, 3.8) is 0 Å². The third kappa shape index (κ3) is 3.23. The van der Waals surface area contributed by atoms with Gasteiger partial charge in [0.25, 0.3) is 0 Å². The second-order valence-electron chi connectivity index (χ2n) is 6.00. The first-order chi connectivity index (χ1) is 8.52. The SMILES string of the molecule is CC(C)(C)c1nsc(N2CCCCCC2CBr)n1. The van der Waals surface area contributed by atoms with Crippen LogP contribution < -0.4 is 4.90 Å². The summed E-state index contributed by atoms with van der Waals surface area (Å²) in [6.45, 7) is 7.63. The van der Waals surface area contributed by atoms with E-state index in [4.69, 9.17) is 4.98 Å². The van der Waals surface area contributed by atoms with Gasteiger partial charge in [-0.25, -0.2) is 4.98 Å². The van der Waals surface area contributed by atoms with E-state index in [1.807, 2.05) is 0 Å². The van der Waals surface area contributed by atoms with Gasteiger partial charge in [0, 0.05) is 34.9 Å². The number of hydrogen-bond donors (Lipinski definition) is 0. The number of aromatic nitrogens is 2. The maximum atomic E-state index is 4.76. The molecule has 1 fully saturated rings. The molecule has 18 heavy (non-hydrogen) atoms. The lowest BCUT2D eigenvalue weighted by molar-refractivity contribution is 0.552. The normalized spacial score (nSPS) is 22.0. The van der Waals surface area contributed by atoms with Crippen LogP contribution in [-0.2, 0) is 5.41 Å². The summed E-state index contributed by atoms with van der Waals surface area (Å²) in [5.74, 6) is 0.972. The molecule has 1 aliphatic heterocycles. The minimum atomic E-state index is 0.0461. The topological polar surface area (TPSA) is 29.0 Å². The van der Waals surface area contributed by atoms with Gasteiger partial charge in [0.2, 0.25) is 5.13 Å². The molecule has 0 aromatic carbocycles. The van der Waals surface area contributed by atoms with E-state index in [0.29, 0.717) is 6.04 Å². The summed E-state index contributed by atoms with van der Waals surface area (Å²) in [7, 11) is 0. The van der Waals surface area contributed by atoms with Crippen LogP contribution in [0, 0.1) is 0 Å². The summed E-state index contributed by atoms with van der Waals surface area (Å²) in [6, 6.07) is 0.577. The molecule has 1 unspecified atom stereocenters. The van der Waals surface area contributed by atoms with Gasteiger partial charge in [0.1, 0.15) is 5.82 Å². The lowest BCUT2D eigenvalue weighted by atomic mass is 9.96. The molecule has 1 saturated heterocycles. The average Bonchev–Trinajstić information content (AvgIpc) is 2.68. The van der Waals surface area contributed by atoms with Gasteiger partial charge in [-0.15, -0.1) is 0 Å². The van der Waals surface area contributed by atoms with Crippen LogP contribution in [0.4, 0.5) is 5.13 Å². The molecule has 1 atom stereocenters. The highest BCUT2D eigenvalue weighted by atomic mass is 79.9. The molecule has 1 aliphatic rings. The smallest absolute Gasteiger partial charge is 0.205 e. The van der Waals surface area contributed by atoms with Gasteiger partial charge >= 0.3 is 0 Å². The summed E-state index contributed by atoms with van der Waals surface area (Å²) in [5.41, 5.74) is 0.0461. The Bertz CT molecular complexity index is 386. The lowest BCUT2D eigenvalue weighted by Crippen LogP contribution is -2.36. The molecule has 1 aromatic rings. The molecule has 0 amide bonds. The van der Waals surface area contributed by atoms with Crippen LogP contribution in [0.3, 0.4) is 0 Å². The van der Waals surface area contributed by atoms with Gasteiger partial charge in [-0.05, 0) is 12.8 Å². The molecule has 0 saturated carbocycles. The highest BCUT2D eigenvalue weighted by molar-refractivity contribution is 9.09. The molecular formula is C13H22BrN3S. The maximum Gasteiger partial charge on any atom is 0.205 e. The Morgan fingerprint density at radius 2 is 2.11 bits per heavy atom. The van der Waals surface area contributed by atoms with E-state index in [2.05, 4.69) is 46.0 Å². The van der Waals surface area contributed by atoms with Crippen LogP contribution in [0.1, 0.15) is 52.3 Å². The predicted octanol–water partition coefficient (Wildman–Crippen LogP) is 3.98. The molecule has 102 valence electrons. The van der Waals surface area contributed by atoms with Crippen LogP contribution in [0.15, 0.2) is 0 Å². The minimum Gasteiger partial charge on any atom is -0.343 e. The van der Waals surface area contributed by atoms with Crippen molar-refractivity contribution in [2.24, 2.45) is 0 Å². The Morgan fingerprint density at radius 3 is 2.72 bits per heavy atom. The van der Waals surface area contributed by atoms with E-state index in [1.165, 1.54) is 25.7 Å². The zero-order valence-corrected chi connectivity index (χ0v) is 13.9. The summed E-state index contributed by atoms with van der Waals surface area (Å²) in [5, 5.41) is 2.13. The molecule has 0 spiro atoms. The zero-order chi connectivity index (χ0) is 13.2. The summed E-state index contributed by atoms with van der Waals surface area (Å²) in [6.07, 6.45) is 5.20. The van der Waals surface area contributed by atoms with Gasteiger partial charge in [-0.1, -0.05) is 49.5 Å². The van der Waals surface area contributed by atoms with Crippen molar-refractivity contribution in [2.75, 3.05) is 16.8 Å². The standard InChI is InChI=1S/C13H22BrN3S/c1-13(2,3)11-15-12(18-16-11)17-8-6-4-5-7-10(17)9-14/h10H,4-9H2,1-3H3. The molecule has 0 aliphatic carbocycles. The van der Waals surface area contributed by atoms with E-state index in [-0.39, 0.29) is 5.41 Å². The first-order valence-electron chi connectivity index (χ1n) is 6.69. The van der Waals surface area contributed by atoms with Gasteiger partial charge in [0.05, 0.1) is 0 Å². The van der Waals surface area contributed by atoms with Crippen LogP contribution in [0.5, 0.6) is 0 Å². The Hall–Kier alpha value is -0.160. The molecule has 0 bridgehead atoms. The summed E-state index contributed by atoms with van der Waals surface area (Å²) >= 11 is 5.20. The van der Waals surface area contributed by atoms with Crippen molar-refractivity contribution in [1.29, 1.82) is 0 Å². The number of halogens is 1. The van der Waals surface area contributed by atoms with Crippen molar-refractivity contribution in [2.45, 2.75) is 57.9 Å². The molecule has 0 N–H and O–H groups in total. The third-order valence-electron chi connectivity index (χ3n) is 3.39. The van der Waals surface area contributed by atoms with E-state index in [1.54, 1.807) is 11.5 Å². The second kappa shape index (κ2) is 5.87. The highest BCUT2D eigenvalue weighted by Gasteiger charge is 2.26. The second-order valence-corrected chi connectivity index (χ2v) is 7.38. The van der Waals surface area contributed by atoms with Gasteiger partial charge < -0.3 is 4.90 Å². The number of hydrogen-bond acceptors (Lipinski definition) is 4. The molecule has 2 rings (SSSR count). The quantitative estimate of drug-likeness (QED) is 0.767. The fraction of sp³-hybridized carbons (Fsp3) is 0.846. The summed E-state index contributed by atoms with van der Waals surface area (Å²) in [4.78, 5) is 7.21. The first-order valence-corrected chi connectivity index (χ1v) is 8.58. The fourth-order valence-corrected chi connectivity index (χ4v) is 3.85. The van der Waals surface area contributed by atoms with Crippen molar-refractivity contribution >= 4 is 32.6 Å². The van der Waals surface area contributed by atoms with Crippen molar-refractivity contribution in [3.05, 3.63) is 5.82 Å². The molecular weight excluding hydrogens is 310 g/mol. The van der Waals surface area contributed by atoms with E-state index in [0.717, 1.165) is 22.8 Å². The predicted molar refractivity (Wildman–Crippen MR) is 82.0 cm³/mol. The van der Waals surface area contributed by atoms with Crippen LogP contribution in [-0.4, -0.2) is 27.3 Å². The Kier molecular flexibility index (Phi) is 4.64. The molecule has 5 heteroatoms. The average molecular weight is 332 g/mol. The van der Waals surface area contributed by atoms with Crippen LogP contribution in [0.25, 0.3) is 0 Å². The van der Waals surface area contributed by atoms with Crippen molar-refractivity contribution in [3.8, 4) is 0 Å². The van der Waals surface area contributed by atoms with Gasteiger partial charge in [0.15, 0.2) is 0 Å². The monoisotopic (exact) mass is 331 g/mol. The third-order valence-corrected chi connectivity index (χ3v) is 4.89. The number of nitrogens with zero attached hydrogens (tertiary/aromatic N) is 3. The lowest BCUT2D eigenvalue weighted by Gasteiger charge is -2.27. The van der Waals surface area contributed by atoms with E-state index in [9.17, 15) is 0 Å². The van der Waals surface area contributed by atoms with Crippen molar-refractivity contribution < 1.29 is 0 Å². The fourth-order valence-electron chi connectivity index (χ4n) is 2.23. The Labute approximate surface area is 122 Å². The largest absolute Gasteiger partial charge is 0.343 e. The Balaban J connectivity index is 2.20. The van der Waals surface area contributed by atoms with E-state index >= 15 is 0 Å². The first kappa shape index (κ1) is 14.3. The molecule has 2 heterocycles. The minimum absolute atomic E-state index is 0.0461. The summed E-state index contributed by atoms with van der Waals surface area (Å²) < 4.78 is 4.54. The van der Waals surface area contributed by atoms with Crippen molar-refractivity contribution in [1.82, 2.24) is 9.36 Å². The molecule has 0 radical (unpaired) electrons. The highest BCUT2D eigenvalue weighted by Crippen LogP contribution is 2.29. The molecule has 1 aromatic heterocycles. The molecule has 3 nitrogen and oxygen atoms in total. The van der Waals surface area contributed by atoms with Gasteiger partial charge in [-0.2, -0.15) is 4.37 Å². The zero-order valence-electron chi connectivity index (χ0n) is 11.4. The maximum absolute atomic E-state index is 4.76. The van der Waals surface area contributed by atoms with Crippen LogP contribution in [0.2, 0.25) is 0 Å². The van der Waals surface area contributed by atoms with Gasteiger partial charge in [-0.3, -0.25) is 0 Å². The van der Waals surface area contributed by atoms with Crippen LogP contribution >= 0.6 is 27.5 Å². The Morgan fingerprint density at radius 1 is 1.33 bits per heavy atom. The number of anilines is 1.